The Balaban J connectivity index is 1.88. The summed E-state index contributed by atoms with van der Waals surface area (Å²) in [6, 6.07) is 12.7. The number of aliphatic imine (C=N–C) groups is 1. The molecule has 1 atom stereocenters. The average Bonchev–Trinajstić information content (AvgIpc) is 3.03. The van der Waals surface area contributed by atoms with Gasteiger partial charge in [-0.2, -0.15) is 0 Å². The van der Waals surface area contributed by atoms with Crippen LogP contribution in [0.1, 0.15) is 16.5 Å². The molecule has 0 spiro atoms. The molecule has 1 aromatic carbocycles. The SMILES string of the molecule is NC1=NCC(c2ccccc2Br)N1Cc1cccs1. The van der Waals surface area contributed by atoms with Crippen LogP contribution in [0.2, 0.25) is 0 Å². The summed E-state index contributed by atoms with van der Waals surface area (Å²) in [5, 5.41) is 2.09. The summed E-state index contributed by atoms with van der Waals surface area (Å²) in [5.41, 5.74) is 7.28. The maximum atomic E-state index is 6.04. The zero-order valence-corrected chi connectivity index (χ0v) is 12.7. The van der Waals surface area contributed by atoms with Gasteiger partial charge >= 0.3 is 0 Å². The first kappa shape index (κ1) is 12.7. The van der Waals surface area contributed by atoms with E-state index in [2.05, 4.69) is 61.5 Å². The zero-order chi connectivity index (χ0) is 13.2. The van der Waals surface area contributed by atoms with Gasteiger partial charge < -0.3 is 10.6 Å². The standard InChI is InChI=1S/C14H14BrN3S/c15-12-6-2-1-5-11(12)13-8-17-14(16)18(13)9-10-4-3-7-19-10/h1-7,13H,8-9H2,(H2,16,17). The van der Waals surface area contributed by atoms with Crippen molar-refractivity contribution in [2.75, 3.05) is 6.54 Å². The molecule has 0 saturated heterocycles. The van der Waals surface area contributed by atoms with Crippen molar-refractivity contribution in [1.82, 2.24) is 4.90 Å². The molecule has 1 aliphatic rings. The number of thiophene rings is 1. The van der Waals surface area contributed by atoms with Crippen molar-refractivity contribution in [2.45, 2.75) is 12.6 Å². The molecule has 3 nitrogen and oxygen atoms in total. The van der Waals surface area contributed by atoms with Gasteiger partial charge in [-0.3, -0.25) is 4.99 Å². The Morgan fingerprint density at radius 3 is 2.89 bits per heavy atom. The van der Waals surface area contributed by atoms with E-state index < -0.39 is 0 Å². The molecular weight excluding hydrogens is 322 g/mol. The third-order valence-corrected chi connectivity index (χ3v) is 4.85. The van der Waals surface area contributed by atoms with Crippen LogP contribution >= 0.6 is 27.3 Å². The minimum atomic E-state index is 0.220. The highest BCUT2D eigenvalue weighted by atomic mass is 79.9. The summed E-state index contributed by atoms with van der Waals surface area (Å²) in [7, 11) is 0. The van der Waals surface area contributed by atoms with Gasteiger partial charge in [-0.1, -0.05) is 40.2 Å². The summed E-state index contributed by atoms with van der Waals surface area (Å²) < 4.78 is 1.11. The van der Waals surface area contributed by atoms with E-state index in [1.54, 1.807) is 11.3 Å². The van der Waals surface area contributed by atoms with Crippen LogP contribution in [0.4, 0.5) is 0 Å². The lowest BCUT2D eigenvalue weighted by atomic mass is 10.1. The molecule has 0 amide bonds. The third kappa shape index (κ3) is 2.53. The Hall–Kier alpha value is -1.33. The van der Waals surface area contributed by atoms with Crippen molar-refractivity contribution < 1.29 is 0 Å². The first-order chi connectivity index (χ1) is 9.25. The smallest absolute Gasteiger partial charge is 0.192 e. The number of hydrogen-bond donors (Lipinski definition) is 1. The van der Waals surface area contributed by atoms with Crippen molar-refractivity contribution in [2.24, 2.45) is 10.7 Å². The molecule has 1 aliphatic heterocycles. The third-order valence-electron chi connectivity index (χ3n) is 3.27. The maximum absolute atomic E-state index is 6.04. The predicted octanol–water partition coefficient (Wildman–Crippen LogP) is 3.38. The van der Waals surface area contributed by atoms with Crippen LogP contribution in [0.3, 0.4) is 0 Å². The average molecular weight is 336 g/mol. The van der Waals surface area contributed by atoms with Gasteiger partial charge in [0.2, 0.25) is 0 Å². The number of halogens is 1. The van der Waals surface area contributed by atoms with Gasteiger partial charge in [-0.15, -0.1) is 11.3 Å². The Bertz CT molecular complexity index is 594. The topological polar surface area (TPSA) is 41.6 Å². The van der Waals surface area contributed by atoms with E-state index in [1.807, 2.05) is 6.07 Å². The maximum Gasteiger partial charge on any atom is 0.192 e. The Morgan fingerprint density at radius 1 is 1.32 bits per heavy atom. The number of hydrogen-bond acceptors (Lipinski definition) is 4. The lowest BCUT2D eigenvalue weighted by molar-refractivity contribution is 0.342. The fourth-order valence-corrected chi connectivity index (χ4v) is 3.55. The molecule has 1 unspecified atom stereocenters. The molecule has 1 aromatic heterocycles. The molecule has 2 aromatic rings. The normalized spacial score (nSPS) is 18.7. The van der Waals surface area contributed by atoms with E-state index in [9.17, 15) is 0 Å². The first-order valence-corrected chi connectivity index (χ1v) is 7.76. The molecule has 19 heavy (non-hydrogen) atoms. The summed E-state index contributed by atoms with van der Waals surface area (Å²) in [4.78, 5) is 7.88. The van der Waals surface area contributed by atoms with Gasteiger partial charge in [0.25, 0.3) is 0 Å². The molecular formula is C14H14BrN3S. The van der Waals surface area contributed by atoms with E-state index in [1.165, 1.54) is 10.4 Å². The summed E-state index contributed by atoms with van der Waals surface area (Å²) in [6.07, 6.45) is 0. The number of nitrogens with zero attached hydrogens (tertiary/aromatic N) is 2. The molecule has 0 radical (unpaired) electrons. The highest BCUT2D eigenvalue weighted by Gasteiger charge is 2.28. The van der Waals surface area contributed by atoms with Crippen LogP contribution in [0.15, 0.2) is 51.2 Å². The van der Waals surface area contributed by atoms with E-state index in [0.29, 0.717) is 5.96 Å². The fraction of sp³-hybridized carbons (Fsp3) is 0.214. The van der Waals surface area contributed by atoms with Gasteiger partial charge in [0.1, 0.15) is 0 Å². The molecule has 3 rings (SSSR count). The molecule has 0 bridgehead atoms. The summed E-state index contributed by atoms with van der Waals surface area (Å²) >= 11 is 5.37. The Labute approximate surface area is 124 Å². The second-order valence-electron chi connectivity index (χ2n) is 4.44. The molecule has 0 fully saturated rings. The van der Waals surface area contributed by atoms with Gasteiger partial charge in [0.15, 0.2) is 5.96 Å². The Kier molecular flexibility index (Phi) is 3.57. The van der Waals surface area contributed by atoms with Crippen LogP contribution in [0, 0.1) is 0 Å². The van der Waals surface area contributed by atoms with Gasteiger partial charge in [0, 0.05) is 9.35 Å². The van der Waals surface area contributed by atoms with Crippen LogP contribution in [0.5, 0.6) is 0 Å². The lowest BCUT2D eigenvalue weighted by Gasteiger charge is -2.26. The molecule has 0 saturated carbocycles. The number of benzene rings is 1. The van der Waals surface area contributed by atoms with Crippen molar-refractivity contribution in [3.63, 3.8) is 0 Å². The Morgan fingerprint density at radius 2 is 2.16 bits per heavy atom. The largest absolute Gasteiger partial charge is 0.370 e. The molecule has 5 heteroatoms. The van der Waals surface area contributed by atoms with Gasteiger partial charge in [-0.05, 0) is 23.1 Å². The second kappa shape index (κ2) is 5.35. The number of nitrogens with two attached hydrogens (primary N) is 1. The molecule has 0 aliphatic carbocycles. The molecule has 98 valence electrons. The van der Waals surface area contributed by atoms with Crippen LogP contribution < -0.4 is 5.73 Å². The highest BCUT2D eigenvalue weighted by molar-refractivity contribution is 9.10. The zero-order valence-electron chi connectivity index (χ0n) is 10.3. The van der Waals surface area contributed by atoms with Crippen LogP contribution in [0.25, 0.3) is 0 Å². The molecule has 2 N–H and O–H groups in total. The molecule has 2 heterocycles. The lowest BCUT2D eigenvalue weighted by Crippen LogP contribution is -2.35. The van der Waals surface area contributed by atoms with Crippen molar-refractivity contribution in [3.05, 3.63) is 56.7 Å². The minimum absolute atomic E-state index is 0.220. The van der Waals surface area contributed by atoms with Crippen molar-refractivity contribution in [3.8, 4) is 0 Å². The predicted molar refractivity (Wildman–Crippen MR) is 83.2 cm³/mol. The van der Waals surface area contributed by atoms with E-state index in [4.69, 9.17) is 5.73 Å². The van der Waals surface area contributed by atoms with Crippen molar-refractivity contribution in [1.29, 1.82) is 0 Å². The van der Waals surface area contributed by atoms with Gasteiger partial charge in [0.05, 0.1) is 19.1 Å². The highest BCUT2D eigenvalue weighted by Crippen LogP contribution is 2.32. The van der Waals surface area contributed by atoms with E-state index >= 15 is 0 Å². The van der Waals surface area contributed by atoms with Crippen molar-refractivity contribution >= 4 is 33.2 Å². The van der Waals surface area contributed by atoms with E-state index in [-0.39, 0.29) is 6.04 Å². The monoisotopic (exact) mass is 335 g/mol. The minimum Gasteiger partial charge on any atom is -0.370 e. The number of guanidine groups is 1. The second-order valence-corrected chi connectivity index (χ2v) is 6.33. The van der Waals surface area contributed by atoms with Crippen LogP contribution in [-0.2, 0) is 6.54 Å². The summed E-state index contributed by atoms with van der Waals surface area (Å²) in [5.74, 6) is 0.633. The quantitative estimate of drug-likeness (QED) is 0.934. The fourth-order valence-electron chi connectivity index (χ4n) is 2.30. The summed E-state index contributed by atoms with van der Waals surface area (Å²) in [6.45, 7) is 1.54. The number of rotatable bonds is 3. The van der Waals surface area contributed by atoms with Gasteiger partial charge in [-0.25, -0.2) is 0 Å². The van der Waals surface area contributed by atoms with E-state index in [0.717, 1.165) is 17.6 Å². The first-order valence-electron chi connectivity index (χ1n) is 6.09. The van der Waals surface area contributed by atoms with Crippen LogP contribution in [-0.4, -0.2) is 17.4 Å².